The Balaban J connectivity index is 1.74. The minimum atomic E-state index is -4.30. The molecule has 236 valence electrons. The molecule has 0 heterocycles. The van der Waals surface area contributed by atoms with Gasteiger partial charge in [-0.1, -0.05) is 62.1 Å². The third-order valence-electron chi connectivity index (χ3n) is 7.72. The molecule has 3 aromatic carbocycles. The third kappa shape index (κ3) is 8.30. The van der Waals surface area contributed by atoms with E-state index in [1.165, 1.54) is 41.3 Å². The Morgan fingerprint density at radius 3 is 2.27 bits per heavy atom. The molecule has 1 N–H and O–H groups in total. The number of nitrogens with one attached hydrogen (secondary N) is 1. The molecule has 1 aliphatic carbocycles. The van der Waals surface area contributed by atoms with Gasteiger partial charge in [0.2, 0.25) is 11.8 Å². The number of para-hydroxylation sites is 2. The molecule has 0 unspecified atom stereocenters. The van der Waals surface area contributed by atoms with E-state index in [9.17, 15) is 22.4 Å². The number of amides is 2. The third-order valence-corrected chi connectivity index (χ3v) is 9.74. The van der Waals surface area contributed by atoms with Gasteiger partial charge in [0.15, 0.2) is 0 Å². The normalized spacial score (nSPS) is 14.5. The van der Waals surface area contributed by atoms with Crippen molar-refractivity contribution in [1.82, 2.24) is 10.2 Å². The van der Waals surface area contributed by atoms with Gasteiger partial charge in [-0.3, -0.25) is 13.9 Å². The Morgan fingerprint density at radius 1 is 0.977 bits per heavy atom. The van der Waals surface area contributed by atoms with Crippen LogP contribution in [0.1, 0.15) is 57.9 Å². The first-order chi connectivity index (χ1) is 21.1. The number of sulfonamides is 1. The predicted octanol–water partition coefficient (Wildman–Crippen LogP) is 6.33. The molecule has 1 fully saturated rings. The maximum Gasteiger partial charge on any atom is 0.264 e. The summed E-state index contributed by atoms with van der Waals surface area (Å²) in [5.41, 5.74) is 0.782. The number of ether oxygens (including phenoxy) is 1. The second kappa shape index (κ2) is 15.4. The molecule has 1 aliphatic rings. The maximum atomic E-state index is 14.3. The average Bonchev–Trinajstić information content (AvgIpc) is 3.02. The number of anilines is 1. The number of hydrogen-bond donors (Lipinski definition) is 1. The van der Waals surface area contributed by atoms with Crippen molar-refractivity contribution in [3.63, 3.8) is 0 Å². The van der Waals surface area contributed by atoms with Gasteiger partial charge >= 0.3 is 0 Å². The fraction of sp³-hybridized carbons (Fsp3) is 0.394. The van der Waals surface area contributed by atoms with E-state index in [0.29, 0.717) is 17.0 Å². The van der Waals surface area contributed by atoms with E-state index in [-0.39, 0.29) is 41.4 Å². The number of carbonyl (C=O) groups excluding carboxylic acids is 2. The van der Waals surface area contributed by atoms with Crippen molar-refractivity contribution in [2.24, 2.45) is 0 Å². The molecule has 8 nitrogen and oxygen atoms in total. The van der Waals surface area contributed by atoms with Crippen LogP contribution in [0.25, 0.3) is 0 Å². The summed E-state index contributed by atoms with van der Waals surface area (Å²) in [7, 11) is -4.30. The van der Waals surface area contributed by atoms with Crippen LogP contribution in [0.3, 0.4) is 0 Å². The molecule has 1 saturated carbocycles. The fourth-order valence-electron chi connectivity index (χ4n) is 5.44. The highest BCUT2D eigenvalue weighted by Gasteiger charge is 2.35. The molecule has 0 spiro atoms. The van der Waals surface area contributed by atoms with Gasteiger partial charge in [0.1, 0.15) is 24.2 Å². The van der Waals surface area contributed by atoms with E-state index in [1.54, 1.807) is 43.3 Å². The monoisotopic (exact) mass is 643 g/mol. The van der Waals surface area contributed by atoms with Crippen LogP contribution in [-0.4, -0.2) is 50.4 Å². The predicted molar refractivity (Wildman–Crippen MR) is 170 cm³/mol. The summed E-state index contributed by atoms with van der Waals surface area (Å²) < 4.78 is 48.8. The van der Waals surface area contributed by atoms with E-state index < -0.39 is 34.3 Å². The molecule has 0 aromatic heterocycles. The van der Waals surface area contributed by atoms with Crippen LogP contribution < -0.4 is 14.4 Å². The molecule has 44 heavy (non-hydrogen) atoms. The highest BCUT2D eigenvalue weighted by Crippen LogP contribution is 2.33. The topological polar surface area (TPSA) is 96.0 Å². The zero-order valence-electron chi connectivity index (χ0n) is 25.0. The molecule has 2 amide bonds. The number of carbonyl (C=O) groups is 2. The highest BCUT2D eigenvalue weighted by atomic mass is 35.5. The van der Waals surface area contributed by atoms with Crippen molar-refractivity contribution in [1.29, 1.82) is 0 Å². The summed E-state index contributed by atoms with van der Waals surface area (Å²) in [6.07, 6.45) is 5.21. The molecule has 4 rings (SSSR count). The number of hydrogen-bond acceptors (Lipinski definition) is 5. The molecule has 11 heteroatoms. The molecule has 0 aliphatic heterocycles. The van der Waals surface area contributed by atoms with Gasteiger partial charge in [0.05, 0.1) is 17.2 Å². The lowest BCUT2D eigenvalue weighted by Gasteiger charge is -2.34. The molecule has 3 aromatic rings. The summed E-state index contributed by atoms with van der Waals surface area (Å²) in [5, 5.41) is 3.48. The van der Waals surface area contributed by atoms with Crippen LogP contribution in [0.4, 0.5) is 10.1 Å². The summed E-state index contributed by atoms with van der Waals surface area (Å²) in [4.78, 5) is 29.3. The number of halogens is 2. The molecule has 0 saturated heterocycles. The Labute approximate surface area is 264 Å². The second-order valence-corrected chi connectivity index (χ2v) is 13.1. The van der Waals surface area contributed by atoms with Gasteiger partial charge in [-0.15, -0.1) is 0 Å². The Kier molecular flexibility index (Phi) is 11.6. The van der Waals surface area contributed by atoms with Gasteiger partial charge < -0.3 is 15.0 Å². The number of benzene rings is 3. The van der Waals surface area contributed by atoms with Crippen molar-refractivity contribution in [3.8, 4) is 5.75 Å². The van der Waals surface area contributed by atoms with E-state index in [1.807, 2.05) is 6.92 Å². The maximum absolute atomic E-state index is 14.3. The Hall–Kier alpha value is -3.63. The first-order valence-electron chi connectivity index (χ1n) is 15.0. The number of nitrogens with zero attached hydrogens (tertiary/aromatic N) is 2. The SMILES string of the molecule is CCOc1ccccc1N(CC(=O)N(Cc1ccc(F)cc1)[C@H](CC)C(=O)NC1CCCCC1)S(=O)(=O)c1ccc(Cl)cc1. The molecular weight excluding hydrogens is 605 g/mol. The number of rotatable bonds is 13. The molecule has 1 atom stereocenters. The summed E-state index contributed by atoms with van der Waals surface area (Å²) in [6.45, 7) is 3.24. The molecular formula is C33H39ClFN3O5S. The Bertz CT molecular complexity index is 1510. The van der Waals surface area contributed by atoms with Crippen molar-refractivity contribution in [2.75, 3.05) is 17.5 Å². The lowest BCUT2D eigenvalue weighted by molar-refractivity contribution is -0.140. The van der Waals surface area contributed by atoms with Crippen LogP contribution in [0, 0.1) is 5.82 Å². The van der Waals surface area contributed by atoms with Crippen molar-refractivity contribution in [3.05, 3.63) is 89.2 Å². The summed E-state index contributed by atoms with van der Waals surface area (Å²) >= 11 is 6.04. The minimum Gasteiger partial charge on any atom is -0.492 e. The van der Waals surface area contributed by atoms with Crippen LogP contribution >= 0.6 is 11.6 Å². The van der Waals surface area contributed by atoms with Crippen molar-refractivity contribution >= 4 is 39.1 Å². The van der Waals surface area contributed by atoms with Gasteiger partial charge in [0, 0.05) is 17.6 Å². The fourth-order valence-corrected chi connectivity index (χ4v) is 6.99. The zero-order valence-corrected chi connectivity index (χ0v) is 26.6. The smallest absolute Gasteiger partial charge is 0.264 e. The van der Waals surface area contributed by atoms with Gasteiger partial charge in [-0.2, -0.15) is 0 Å². The van der Waals surface area contributed by atoms with Crippen molar-refractivity contribution in [2.45, 2.75) is 75.9 Å². The first kappa shape index (κ1) is 33.3. The van der Waals surface area contributed by atoms with Crippen LogP contribution in [0.15, 0.2) is 77.7 Å². The van der Waals surface area contributed by atoms with Crippen LogP contribution in [0.5, 0.6) is 5.75 Å². The average molecular weight is 644 g/mol. The zero-order chi connectivity index (χ0) is 31.7. The van der Waals surface area contributed by atoms with E-state index in [2.05, 4.69) is 5.32 Å². The minimum absolute atomic E-state index is 0.0162. The molecule has 0 bridgehead atoms. The summed E-state index contributed by atoms with van der Waals surface area (Å²) in [5.74, 6) is -1.03. The second-order valence-electron chi connectivity index (χ2n) is 10.8. The largest absolute Gasteiger partial charge is 0.492 e. The van der Waals surface area contributed by atoms with Gasteiger partial charge in [-0.05, 0) is 80.3 Å². The van der Waals surface area contributed by atoms with E-state index >= 15 is 0 Å². The standard InChI is InChI=1S/C33H39ClFN3O5S/c1-3-29(33(40)36-27-10-6-5-7-11-27)37(22-24-14-18-26(35)19-15-24)32(39)23-38(30-12-8-9-13-31(30)43-4-2)44(41,42)28-20-16-25(34)17-21-28/h8-9,12-21,27,29H,3-7,10-11,22-23H2,1-2H3,(H,36,40)/t29-/m1/s1. The van der Waals surface area contributed by atoms with Gasteiger partial charge in [-0.25, -0.2) is 12.8 Å². The van der Waals surface area contributed by atoms with E-state index in [0.717, 1.165) is 36.4 Å². The summed E-state index contributed by atoms with van der Waals surface area (Å²) in [6, 6.07) is 17.1. The van der Waals surface area contributed by atoms with E-state index in [4.69, 9.17) is 16.3 Å². The van der Waals surface area contributed by atoms with Gasteiger partial charge in [0.25, 0.3) is 10.0 Å². The highest BCUT2D eigenvalue weighted by molar-refractivity contribution is 7.92. The van der Waals surface area contributed by atoms with Crippen molar-refractivity contribution < 1.29 is 27.1 Å². The lowest BCUT2D eigenvalue weighted by atomic mass is 9.95. The van der Waals surface area contributed by atoms with Crippen LogP contribution in [-0.2, 0) is 26.2 Å². The molecule has 0 radical (unpaired) electrons. The van der Waals surface area contributed by atoms with Crippen LogP contribution in [0.2, 0.25) is 5.02 Å². The first-order valence-corrected chi connectivity index (χ1v) is 16.8. The quantitative estimate of drug-likeness (QED) is 0.235. The Morgan fingerprint density at radius 2 is 1.64 bits per heavy atom. The lowest BCUT2D eigenvalue weighted by Crippen LogP contribution is -2.54.